The van der Waals surface area contributed by atoms with Crippen molar-refractivity contribution in [2.45, 2.75) is 63.5 Å². The van der Waals surface area contributed by atoms with E-state index in [1.807, 2.05) is 0 Å². The molecule has 4 bridgehead atoms. The van der Waals surface area contributed by atoms with Crippen LogP contribution in [0.5, 0.6) is 0 Å². The monoisotopic (exact) mass is 249 g/mol. The first-order chi connectivity index (χ1) is 8.88. The lowest BCUT2D eigenvalue weighted by molar-refractivity contribution is -0.130. The molecule has 0 spiro atoms. The van der Waals surface area contributed by atoms with E-state index in [0.717, 1.165) is 30.3 Å². The highest BCUT2D eigenvalue weighted by Crippen LogP contribution is 2.54. The van der Waals surface area contributed by atoms with Gasteiger partial charge in [0.2, 0.25) is 0 Å². The van der Waals surface area contributed by atoms with E-state index in [4.69, 9.17) is 4.74 Å². The third kappa shape index (κ3) is 2.12. The van der Waals surface area contributed by atoms with Crippen LogP contribution in [0.25, 0.3) is 0 Å². The first-order valence-corrected chi connectivity index (χ1v) is 8.23. The maximum Gasteiger partial charge on any atom is 0.0632 e. The van der Waals surface area contributed by atoms with Crippen LogP contribution in [0.2, 0.25) is 0 Å². The molecule has 5 rings (SSSR count). The second-order valence-corrected chi connectivity index (χ2v) is 7.38. The zero-order chi connectivity index (χ0) is 11.9. The molecule has 4 saturated carbocycles. The van der Waals surface area contributed by atoms with Crippen LogP contribution in [0.15, 0.2) is 0 Å². The minimum absolute atomic E-state index is 0.626. The van der Waals surface area contributed by atoms with Gasteiger partial charge in [0, 0.05) is 6.04 Å². The molecular formula is C16H27NO. The quantitative estimate of drug-likeness (QED) is 0.830. The summed E-state index contributed by atoms with van der Waals surface area (Å²) in [6.07, 6.45) is 12.2. The van der Waals surface area contributed by atoms with Crippen molar-refractivity contribution in [3.63, 3.8) is 0 Å². The number of ether oxygens (including phenoxy) is 1. The predicted molar refractivity (Wildman–Crippen MR) is 72.4 cm³/mol. The van der Waals surface area contributed by atoms with Gasteiger partial charge in [-0.25, -0.2) is 0 Å². The van der Waals surface area contributed by atoms with Crippen molar-refractivity contribution in [2.24, 2.45) is 23.7 Å². The van der Waals surface area contributed by atoms with Crippen molar-refractivity contribution >= 4 is 0 Å². The molecule has 2 heteroatoms. The molecule has 0 amide bonds. The Morgan fingerprint density at radius 2 is 1.61 bits per heavy atom. The molecule has 1 heterocycles. The Bertz CT molecular complexity index is 269. The van der Waals surface area contributed by atoms with Crippen LogP contribution in [0.3, 0.4) is 0 Å². The Balaban J connectivity index is 1.34. The van der Waals surface area contributed by atoms with Crippen molar-refractivity contribution in [1.29, 1.82) is 0 Å². The fraction of sp³-hybridized carbons (Fsp3) is 1.00. The minimum Gasteiger partial charge on any atom is -0.376 e. The van der Waals surface area contributed by atoms with Crippen LogP contribution in [0, 0.1) is 23.7 Å². The molecule has 5 fully saturated rings. The summed E-state index contributed by atoms with van der Waals surface area (Å²) in [5, 5.41) is 3.62. The van der Waals surface area contributed by atoms with Crippen LogP contribution in [0.1, 0.15) is 51.4 Å². The van der Waals surface area contributed by atoms with E-state index in [0.29, 0.717) is 12.1 Å². The highest BCUT2D eigenvalue weighted by molar-refractivity contribution is 4.99. The van der Waals surface area contributed by atoms with Gasteiger partial charge in [0.05, 0.1) is 12.7 Å². The van der Waals surface area contributed by atoms with Gasteiger partial charge < -0.3 is 10.1 Å². The maximum atomic E-state index is 6.40. The van der Waals surface area contributed by atoms with E-state index >= 15 is 0 Å². The van der Waals surface area contributed by atoms with Crippen LogP contribution < -0.4 is 5.32 Å². The summed E-state index contributed by atoms with van der Waals surface area (Å²) in [7, 11) is 0. The van der Waals surface area contributed by atoms with Gasteiger partial charge in [0.15, 0.2) is 0 Å². The lowest BCUT2D eigenvalue weighted by Crippen LogP contribution is -2.50. The Hall–Kier alpha value is -0.0800. The zero-order valence-electron chi connectivity index (χ0n) is 11.4. The van der Waals surface area contributed by atoms with Crippen LogP contribution in [0.4, 0.5) is 0 Å². The Kier molecular flexibility index (Phi) is 3.12. The van der Waals surface area contributed by atoms with Gasteiger partial charge in [-0.1, -0.05) is 6.42 Å². The van der Waals surface area contributed by atoms with Gasteiger partial charge in [-0.3, -0.25) is 0 Å². The van der Waals surface area contributed by atoms with Crippen LogP contribution in [-0.2, 0) is 4.74 Å². The molecule has 0 radical (unpaired) electrons. The van der Waals surface area contributed by atoms with Gasteiger partial charge >= 0.3 is 0 Å². The van der Waals surface area contributed by atoms with Gasteiger partial charge in [-0.15, -0.1) is 0 Å². The SMILES string of the molecule is C1CCC(COC2C3CC4CC(C3)CC2C4)NC1. The maximum absolute atomic E-state index is 6.40. The van der Waals surface area contributed by atoms with Crippen LogP contribution >= 0.6 is 0 Å². The normalized spacial score (nSPS) is 50.7. The standard InChI is InChI=1S/C16H27NO/c1-2-4-17-15(3-1)10-18-16-13-6-11-5-12(8-13)9-14(16)7-11/h11-17H,1-10H2. The van der Waals surface area contributed by atoms with E-state index in [-0.39, 0.29) is 0 Å². The van der Waals surface area contributed by atoms with Crippen molar-refractivity contribution in [2.75, 3.05) is 13.2 Å². The smallest absolute Gasteiger partial charge is 0.0632 e. The molecule has 0 aromatic heterocycles. The number of rotatable bonds is 3. The predicted octanol–water partition coefficient (Wildman–Crippen LogP) is 2.97. The van der Waals surface area contributed by atoms with E-state index in [1.165, 1.54) is 51.5 Å². The summed E-state index contributed by atoms with van der Waals surface area (Å²) >= 11 is 0. The molecule has 102 valence electrons. The number of hydrogen-bond donors (Lipinski definition) is 1. The summed E-state index contributed by atoms with van der Waals surface area (Å²) in [6.45, 7) is 2.18. The van der Waals surface area contributed by atoms with Gasteiger partial charge in [-0.05, 0) is 75.2 Å². The molecule has 1 aliphatic heterocycles. The lowest BCUT2D eigenvalue weighted by Gasteiger charge is -2.54. The molecule has 5 aliphatic rings. The third-order valence-corrected chi connectivity index (χ3v) is 6.04. The summed E-state index contributed by atoms with van der Waals surface area (Å²) in [4.78, 5) is 0. The highest BCUT2D eigenvalue weighted by atomic mass is 16.5. The van der Waals surface area contributed by atoms with Crippen LogP contribution in [-0.4, -0.2) is 25.3 Å². The number of nitrogens with one attached hydrogen (secondary N) is 1. The van der Waals surface area contributed by atoms with E-state index < -0.39 is 0 Å². The molecular weight excluding hydrogens is 222 g/mol. The molecule has 1 atom stereocenters. The molecule has 1 N–H and O–H groups in total. The van der Waals surface area contributed by atoms with Gasteiger partial charge in [0.25, 0.3) is 0 Å². The topological polar surface area (TPSA) is 21.3 Å². The molecule has 1 unspecified atom stereocenters. The highest BCUT2D eigenvalue weighted by Gasteiger charge is 2.48. The van der Waals surface area contributed by atoms with E-state index in [2.05, 4.69) is 5.32 Å². The molecule has 1 saturated heterocycles. The second kappa shape index (κ2) is 4.79. The number of piperidine rings is 1. The van der Waals surface area contributed by atoms with Gasteiger partial charge in [-0.2, -0.15) is 0 Å². The van der Waals surface area contributed by atoms with Crippen molar-refractivity contribution in [1.82, 2.24) is 5.32 Å². The second-order valence-electron chi connectivity index (χ2n) is 7.38. The largest absolute Gasteiger partial charge is 0.376 e. The van der Waals surface area contributed by atoms with Gasteiger partial charge in [0.1, 0.15) is 0 Å². The average Bonchev–Trinajstić information content (AvgIpc) is 2.38. The van der Waals surface area contributed by atoms with Crippen molar-refractivity contribution in [3.8, 4) is 0 Å². The summed E-state index contributed by atoms with van der Waals surface area (Å²) < 4.78 is 6.40. The lowest BCUT2D eigenvalue weighted by atomic mass is 9.55. The Labute approximate surface area is 111 Å². The molecule has 0 aromatic rings. The Morgan fingerprint density at radius 1 is 0.889 bits per heavy atom. The fourth-order valence-electron chi connectivity index (χ4n) is 5.44. The molecule has 4 aliphatic carbocycles. The summed E-state index contributed by atoms with van der Waals surface area (Å²) in [6, 6.07) is 0.649. The van der Waals surface area contributed by atoms with E-state index in [9.17, 15) is 0 Å². The molecule has 18 heavy (non-hydrogen) atoms. The average molecular weight is 249 g/mol. The molecule has 2 nitrogen and oxygen atoms in total. The van der Waals surface area contributed by atoms with E-state index in [1.54, 1.807) is 6.42 Å². The summed E-state index contributed by atoms with van der Waals surface area (Å²) in [5.74, 6) is 3.98. The Morgan fingerprint density at radius 3 is 2.22 bits per heavy atom. The fourth-order valence-corrected chi connectivity index (χ4v) is 5.44. The van der Waals surface area contributed by atoms with Crippen molar-refractivity contribution in [3.05, 3.63) is 0 Å². The zero-order valence-corrected chi connectivity index (χ0v) is 11.4. The summed E-state index contributed by atoms with van der Waals surface area (Å²) in [5.41, 5.74) is 0. The minimum atomic E-state index is 0.626. The number of hydrogen-bond acceptors (Lipinski definition) is 2. The van der Waals surface area contributed by atoms with Crippen molar-refractivity contribution < 1.29 is 4.74 Å². The first kappa shape index (κ1) is 11.7. The first-order valence-electron chi connectivity index (χ1n) is 8.23. The molecule has 0 aromatic carbocycles. The third-order valence-electron chi connectivity index (χ3n) is 6.04.